The van der Waals surface area contributed by atoms with E-state index < -0.39 is 5.91 Å². The lowest BCUT2D eigenvalue weighted by atomic mass is 10.1. The zero-order valence-corrected chi connectivity index (χ0v) is 21.4. The van der Waals surface area contributed by atoms with Crippen molar-refractivity contribution < 1.29 is 10.0 Å². The molecule has 1 unspecified atom stereocenters. The molecular weight excluding hydrogens is 498 g/mol. The van der Waals surface area contributed by atoms with Gasteiger partial charge in [0.15, 0.2) is 11.5 Å². The van der Waals surface area contributed by atoms with Crippen LogP contribution in [0.1, 0.15) is 44.5 Å². The SMILES string of the molecule is CCC(Nc1ncnc2nc[nH]c12)c1nc2cccc(NCCCCC(=O)NO)c2c(=O)n1-c1ccccc1. The topological polar surface area (TPSA) is 163 Å². The van der Waals surface area contributed by atoms with E-state index in [4.69, 9.17) is 10.2 Å². The predicted octanol–water partition coefficient (Wildman–Crippen LogP) is 3.70. The molecule has 3 aromatic heterocycles. The highest BCUT2D eigenvalue weighted by molar-refractivity contribution is 5.91. The summed E-state index contributed by atoms with van der Waals surface area (Å²) in [6.45, 7) is 2.57. The van der Waals surface area contributed by atoms with Gasteiger partial charge >= 0.3 is 0 Å². The third-order valence-electron chi connectivity index (χ3n) is 6.46. The van der Waals surface area contributed by atoms with Gasteiger partial charge in [-0.3, -0.25) is 19.4 Å². The fourth-order valence-electron chi connectivity index (χ4n) is 4.53. The van der Waals surface area contributed by atoms with E-state index in [0.29, 0.717) is 70.9 Å². The van der Waals surface area contributed by atoms with Crippen LogP contribution in [-0.2, 0) is 4.79 Å². The van der Waals surface area contributed by atoms with Crippen molar-refractivity contribution in [3.8, 4) is 5.69 Å². The minimum absolute atomic E-state index is 0.196. The average Bonchev–Trinajstić information content (AvgIpc) is 3.46. The molecule has 12 nitrogen and oxygen atoms in total. The molecule has 200 valence electrons. The molecule has 0 aliphatic rings. The van der Waals surface area contributed by atoms with Crippen molar-refractivity contribution in [1.29, 1.82) is 0 Å². The Hall–Kier alpha value is -4.84. The van der Waals surface area contributed by atoms with Crippen LogP contribution in [0.5, 0.6) is 0 Å². The minimum atomic E-state index is -0.419. The number of carbonyl (C=O) groups is 1. The Balaban J connectivity index is 1.55. The first-order valence-corrected chi connectivity index (χ1v) is 12.8. The van der Waals surface area contributed by atoms with Crippen LogP contribution in [0.3, 0.4) is 0 Å². The number of unbranched alkanes of at least 4 members (excludes halogenated alkanes) is 1. The number of aromatic nitrogens is 6. The fourth-order valence-corrected chi connectivity index (χ4v) is 4.53. The lowest BCUT2D eigenvalue weighted by Gasteiger charge is -2.23. The second-order valence-electron chi connectivity index (χ2n) is 8.99. The largest absolute Gasteiger partial charge is 0.384 e. The number of nitrogens with zero attached hydrogens (tertiary/aromatic N) is 5. The third-order valence-corrected chi connectivity index (χ3v) is 6.46. The molecule has 1 atom stereocenters. The number of amides is 1. The normalized spacial score (nSPS) is 11.9. The van der Waals surface area contributed by atoms with Crippen LogP contribution in [0, 0.1) is 0 Å². The van der Waals surface area contributed by atoms with E-state index in [-0.39, 0.29) is 18.0 Å². The molecular formula is C27H29N9O3. The zero-order valence-electron chi connectivity index (χ0n) is 21.4. The van der Waals surface area contributed by atoms with E-state index in [9.17, 15) is 9.59 Å². The van der Waals surface area contributed by atoms with Crippen LogP contribution >= 0.6 is 0 Å². The van der Waals surface area contributed by atoms with Gasteiger partial charge in [-0.1, -0.05) is 31.2 Å². The highest BCUT2D eigenvalue weighted by atomic mass is 16.5. The molecule has 0 saturated carbocycles. The maximum absolute atomic E-state index is 14.2. The standard InChI is InChI=1S/C27H29N9O3/c1-2-18(33-25-23-24(30-15-29-23)31-16-32-25)26-34-20-12-8-11-19(28-14-7-6-13-21(37)35-39)22(20)27(38)36(26)17-9-4-3-5-10-17/h3-5,8-12,15-16,18,28,39H,2,6-7,13-14H2,1H3,(H,35,37)(H2,29,30,31,32,33). The lowest BCUT2D eigenvalue weighted by Crippen LogP contribution is -2.29. The number of hydroxylamine groups is 1. The Labute approximate surface area is 223 Å². The number of hydrogen-bond donors (Lipinski definition) is 5. The maximum Gasteiger partial charge on any atom is 0.268 e. The molecule has 12 heteroatoms. The number of fused-ring (bicyclic) bond motifs is 2. The maximum atomic E-state index is 14.2. The number of nitrogens with one attached hydrogen (secondary N) is 4. The minimum Gasteiger partial charge on any atom is -0.384 e. The molecule has 0 saturated heterocycles. The molecule has 2 aromatic carbocycles. The van der Waals surface area contributed by atoms with Gasteiger partial charge in [0, 0.05) is 18.7 Å². The lowest BCUT2D eigenvalue weighted by molar-refractivity contribution is -0.129. The summed E-state index contributed by atoms with van der Waals surface area (Å²) in [5, 5.41) is 15.9. The Morgan fingerprint density at radius 1 is 1.08 bits per heavy atom. The van der Waals surface area contributed by atoms with Gasteiger partial charge in [-0.25, -0.2) is 25.4 Å². The van der Waals surface area contributed by atoms with Gasteiger partial charge in [-0.05, 0) is 43.5 Å². The average molecular weight is 528 g/mol. The van der Waals surface area contributed by atoms with Gasteiger partial charge in [-0.15, -0.1) is 0 Å². The van der Waals surface area contributed by atoms with E-state index in [2.05, 4.69) is 30.6 Å². The first-order valence-electron chi connectivity index (χ1n) is 12.8. The molecule has 5 rings (SSSR count). The monoisotopic (exact) mass is 527 g/mol. The summed E-state index contributed by atoms with van der Waals surface area (Å²) < 4.78 is 1.64. The first kappa shape index (κ1) is 25.8. The number of imidazole rings is 1. The second-order valence-corrected chi connectivity index (χ2v) is 8.99. The van der Waals surface area contributed by atoms with Crippen LogP contribution in [0.2, 0.25) is 0 Å². The number of rotatable bonds is 11. The van der Waals surface area contributed by atoms with Crippen molar-refractivity contribution in [2.24, 2.45) is 0 Å². The van der Waals surface area contributed by atoms with E-state index >= 15 is 0 Å². The number of H-pyrrole nitrogens is 1. The number of carbonyl (C=O) groups excluding carboxylic acids is 1. The molecule has 5 N–H and O–H groups in total. The van der Waals surface area contributed by atoms with Crippen LogP contribution < -0.4 is 21.7 Å². The van der Waals surface area contributed by atoms with E-state index in [1.807, 2.05) is 55.5 Å². The number of para-hydroxylation sites is 1. The zero-order chi connectivity index (χ0) is 27.2. The smallest absolute Gasteiger partial charge is 0.268 e. The van der Waals surface area contributed by atoms with Gasteiger partial charge < -0.3 is 15.6 Å². The molecule has 0 fully saturated rings. The molecule has 5 aromatic rings. The van der Waals surface area contributed by atoms with Crippen molar-refractivity contribution in [1.82, 2.24) is 35.0 Å². The molecule has 39 heavy (non-hydrogen) atoms. The summed E-state index contributed by atoms with van der Waals surface area (Å²) in [5.74, 6) is 0.709. The Kier molecular flexibility index (Phi) is 7.73. The summed E-state index contributed by atoms with van der Waals surface area (Å²) >= 11 is 0. The molecule has 0 spiro atoms. The summed E-state index contributed by atoms with van der Waals surface area (Å²) in [7, 11) is 0. The van der Waals surface area contributed by atoms with Gasteiger partial charge in [0.25, 0.3) is 5.56 Å². The second kappa shape index (κ2) is 11.7. The number of anilines is 2. The van der Waals surface area contributed by atoms with E-state index in [0.717, 1.165) is 0 Å². The van der Waals surface area contributed by atoms with E-state index in [1.54, 1.807) is 16.4 Å². The van der Waals surface area contributed by atoms with Crippen LogP contribution in [0.25, 0.3) is 27.8 Å². The molecule has 0 bridgehead atoms. The number of aromatic amines is 1. The van der Waals surface area contributed by atoms with Crippen LogP contribution in [0.4, 0.5) is 11.5 Å². The molecule has 1 amide bonds. The number of benzene rings is 2. The van der Waals surface area contributed by atoms with E-state index in [1.165, 1.54) is 6.33 Å². The Bertz CT molecular complexity index is 1650. The van der Waals surface area contributed by atoms with Crippen molar-refractivity contribution >= 4 is 39.5 Å². The number of hydrogen-bond acceptors (Lipinski definition) is 9. The van der Waals surface area contributed by atoms with Crippen molar-refractivity contribution in [2.75, 3.05) is 17.2 Å². The summed E-state index contributed by atoms with van der Waals surface area (Å²) in [6, 6.07) is 14.6. The summed E-state index contributed by atoms with van der Waals surface area (Å²) in [6.07, 6.45) is 5.15. The van der Waals surface area contributed by atoms with Gasteiger partial charge in [-0.2, -0.15) is 0 Å². The predicted molar refractivity (Wildman–Crippen MR) is 148 cm³/mol. The Morgan fingerprint density at radius 3 is 2.72 bits per heavy atom. The van der Waals surface area contributed by atoms with Crippen LogP contribution in [0.15, 0.2) is 66.0 Å². The first-order chi connectivity index (χ1) is 19.1. The summed E-state index contributed by atoms with van der Waals surface area (Å²) in [4.78, 5) is 46.3. The molecule has 0 radical (unpaired) electrons. The van der Waals surface area contributed by atoms with Gasteiger partial charge in [0.05, 0.1) is 29.0 Å². The van der Waals surface area contributed by atoms with Gasteiger partial charge in [0.2, 0.25) is 5.91 Å². The van der Waals surface area contributed by atoms with Crippen LogP contribution in [-0.4, -0.2) is 47.1 Å². The molecule has 0 aliphatic heterocycles. The quantitative estimate of drug-likeness (QED) is 0.0979. The van der Waals surface area contributed by atoms with Crippen molar-refractivity contribution in [3.05, 3.63) is 77.4 Å². The highest BCUT2D eigenvalue weighted by Crippen LogP contribution is 2.27. The summed E-state index contributed by atoms with van der Waals surface area (Å²) in [5.41, 5.74) is 4.60. The third kappa shape index (κ3) is 5.41. The molecule has 3 heterocycles. The Morgan fingerprint density at radius 2 is 1.92 bits per heavy atom. The molecule has 0 aliphatic carbocycles. The van der Waals surface area contributed by atoms with Gasteiger partial charge in [0.1, 0.15) is 17.7 Å². The highest BCUT2D eigenvalue weighted by Gasteiger charge is 2.23. The fraction of sp³-hybridized carbons (Fsp3) is 0.259. The van der Waals surface area contributed by atoms with Crippen molar-refractivity contribution in [3.63, 3.8) is 0 Å². The van der Waals surface area contributed by atoms with Crippen molar-refractivity contribution in [2.45, 2.75) is 38.6 Å².